The molecule has 0 spiro atoms. The first-order chi connectivity index (χ1) is 13.1. The molecular weight excluding hydrogens is 467 g/mol. The standard InChI is InChI=1S/C21H42N4O2.HI/c1-17(2)20(25-11-8-18(3)9-12-25)15-24-21(22-4)23-10-6-13-26-16-19-7-5-14-27-19;/h17-20H,5-16H2,1-4H3,(H2,22,23,24);1H. The van der Waals surface area contributed by atoms with Gasteiger partial charge in [0.05, 0.1) is 12.7 Å². The Hall–Kier alpha value is -0.120. The van der Waals surface area contributed by atoms with Gasteiger partial charge in [0.1, 0.15) is 0 Å². The predicted octanol–water partition coefficient (Wildman–Crippen LogP) is 3.11. The summed E-state index contributed by atoms with van der Waals surface area (Å²) >= 11 is 0. The van der Waals surface area contributed by atoms with Crippen LogP contribution in [0.15, 0.2) is 4.99 Å². The average Bonchev–Trinajstić information content (AvgIpc) is 3.17. The van der Waals surface area contributed by atoms with E-state index in [0.717, 1.165) is 57.6 Å². The lowest BCUT2D eigenvalue weighted by Gasteiger charge is -2.39. The van der Waals surface area contributed by atoms with Gasteiger partial charge in [-0.3, -0.25) is 9.89 Å². The average molecular weight is 511 g/mol. The third kappa shape index (κ3) is 9.59. The lowest BCUT2D eigenvalue weighted by atomic mass is 9.94. The molecule has 0 saturated carbocycles. The molecule has 0 amide bonds. The van der Waals surface area contributed by atoms with Crippen LogP contribution in [-0.4, -0.2) is 76.1 Å². The Morgan fingerprint density at radius 1 is 1.21 bits per heavy atom. The molecule has 2 fully saturated rings. The molecule has 2 rings (SSSR count). The van der Waals surface area contributed by atoms with Crippen molar-refractivity contribution in [2.45, 2.75) is 65.0 Å². The largest absolute Gasteiger partial charge is 0.379 e. The zero-order valence-electron chi connectivity index (χ0n) is 18.4. The van der Waals surface area contributed by atoms with E-state index < -0.39 is 0 Å². The van der Waals surface area contributed by atoms with Crippen LogP contribution in [0.4, 0.5) is 0 Å². The Balaban J connectivity index is 0.00000392. The van der Waals surface area contributed by atoms with Crippen molar-refractivity contribution in [3.8, 4) is 0 Å². The maximum Gasteiger partial charge on any atom is 0.191 e. The number of likely N-dealkylation sites (tertiary alicyclic amines) is 1. The summed E-state index contributed by atoms with van der Waals surface area (Å²) in [5.41, 5.74) is 0. The van der Waals surface area contributed by atoms with Gasteiger partial charge in [0.15, 0.2) is 5.96 Å². The van der Waals surface area contributed by atoms with Crippen molar-refractivity contribution in [1.29, 1.82) is 0 Å². The molecule has 0 aromatic carbocycles. The third-order valence-electron chi connectivity index (χ3n) is 5.84. The van der Waals surface area contributed by atoms with E-state index in [4.69, 9.17) is 9.47 Å². The highest BCUT2D eigenvalue weighted by molar-refractivity contribution is 14.0. The van der Waals surface area contributed by atoms with Crippen molar-refractivity contribution in [3.63, 3.8) is 0 Å². The van der Waals surface area contributed by atoms with E-state index in [9.17, 15) is 0 Å². The number of halogens is 1. The van der Waals surface area contributed by atoms with Gasteiger partial charge in [-0.2, -0.15) is 0 Å². The highest BCUT2D eigenvalue weighted by atomic mass is 127. The monoisotopic (exact) mass is 510 g/mol. The van der Waals surface area contributed by atoms with E-state index in [1.54, 1.807) is 0 Å². The van der Waals surface area contributed by atoms with Gasteiger partial charge < -0.3 is 20.1 Å². The number of aliphatic imine (C=N–C) groups is 1. The van der Waals surface area contributed by atoms with Gasteiger partial charge in [-0.25, -0.2) is 0 Å². The molecule has 6 nitrogen and oxygen atoms in total. The van der Waals surface area contributed by atoms with Gasteiger partial charge in [-0.1, -0.05) is 20.8 Å². The SMILES string of the molecule is CN=C(NCCCOCC1CCCO1)NCC(C(C)C)N1CCC(C)CC1.I. The van der Waals surface area contributed by atoms with Crippen LogP contribution in [0.2, 0.25) is 0 Å². The fourth-order valence-corrected chi connectivity index (χ4v) is 3.94. The van der Waals surface area contributed by atoms with Gasteiger partial charge >= 0.3 is 0 Å². The summed E-state index contributed by atoms with van der Waals surface area (Å²) in [6.45, 7) is 13.7. The lowest BCUT2D eigenvalue weighted by molar-refractivity contribution is 0.0168. The number of ether oxygens (including phenoxy) is 2. The van der Waals surface area contributed by atoms with E-state index in [0.29, 0.717) is 18.1 Å². The molecule has 166 valence electrons. The Morgan fingerprint density at radius 3 is 2.57 bits per heavy atom. The summed E-state index contributed by atoms with van der Waals surface area (Å²) in [7, 11) is 1.84. The molecule has 2 heterocycles. The van der Waals surface area contributed by atoms with Gasteiger partial charge in [0.2, 0.25) is 0 Å². The zero-order chi connectivity index (χ0) is 19.5. The molecule has 0 aromatic rings. The van der Waals surface area contributed by atoms with Crippen LogP contribution in [-0.2, 0) is 9.47 Å². The number of hydrogen-bond acceptors (Lipinski definition) is 4. The minimum Gasteiger partial charge on any atom is -0.379 e. The maximum absolute atomic E-state index is 5.72. The second kappa shape index (κ2) is 14.8. The van der Waals surface area contributed by atoms with E-state index in [-0.39, 0.29) is 24.0 Å². The molecule has 0 aromatic heterocycles. The normalized spacial score (nSPS) is 22.9. The summed E-state index contributed by atoms with van der Waals surface area (Å²) < 4.78 is 11.3. The van der Waals surface area contributed by atoms with Crippen molar-refractivity contribution in [2.24, 2.45) is 16.8 Å². The number of nitrogens with zero attached hydrogens (tertiary/aromatic N) is 2. The molecule has 2 aliphatic heterocycles. The number of rotatable bonds is 10. The van der Waals surface area contributed by atoms with Gasteiger partial charge in [-0.05, 0) is 57.0 Å². The van der Waals surface area contributed by atoms with Crippen LogP contribution >= 0.6 is 24.0 Å². The molecule has 2 N–H and O–H groups in total. The number of piperidine rings is 1. The van der Waals surface area contributed by atoms with Crippen LogP contribution in [0, 0.1) is 11.8 Å². The van der Waals surface area contributed by atoms with E-state index in [1.165, 1.54) is 32.4 Å². The maximum atomic E-state index is 5.72. The quantitative estimate of drug-likeness (QED) is 0.205. The molecule has 0 bridgehead atoms. The Labute approximate surface area is 189 Å². The summed E-state index contributed by atoms with van der Waals surface area (Å²) in [6.07, 6.45) is 6.25. The van der Waals surface area contributed by atoms with Crippen LogP contribution in [0.1, 0.15) is 52.9 Å². The summed E-state index contributed by atoms with van der Waals surface area (Å²) in [5.74, 6) is 2.40. The second-order valence-electron chi connectivity index (χ2n) is 8.47. The van der Waals surface area contributed by atoms with Gasteiger partial charge in [0, 0.05) is 39.4 Å². The van der Waals surface area contributed by atoms with Gasteiger partial charge in [-0.15, -0.1) is 24.0 Å². The number of nitrogens with one attached hydrogen (secondary N) is 2. The van der Waals surface area contributed by atoms with Crippen LogP contribution in [0.25, 0.3) is 0 Å². The number of hydrogen-bond donors (Lipinski definition) is 2. The molecule has 2 saturated heterocycles. The Bertz CT molecular complexity index is 423. The predicted molar refractivity (Wildman–Crippen MR) is 128 cm³/mol. The highest BCUT2D eigenvalue weighted by Crippen LogP contribution is 2.21. The van der Waals surface area contributed by atoms with Crippen molar-refractivity contribution in [2.75, 3.05) is 53.0 Å². The van der Waals surface area contributed by atoms with Crippen molar-refractivity contribution in [1.82, 2.24) is 15.5 Å². The summed E-state index contributed by atoms with van der Waals surface area (Å²) in [5, 5.41) is 6.94. The molecular formula is C21H43IN4O2. The Kier molecular flexibility index (Phi) is 13.7. The summed E-state index contributed by atoms with van der Waals surface area (Å²) in [6, 6.07) is 0.561. The highest BCUT2D eigenvalue weighted by Gasteiger charge is 2.25. The Morgan fingerprint density at radius 2 is 1.96 bits per heavy atom. The minimum absolute atomic E-state index is 0. The van der Waals surface area contributed by atoms with E-state index in [2.05, 4.69) is 41.3 Å². The molecule has 2 aliphatic rings. The summed E-state index contributed by atoms with van der Waals surface area (Å²) in [4.78, 5) is 7.03. The molecule has 7 heteroatoms. The first-order valence-corrected chi connectivity index (χ1v) is 11.0. The smallest absolute Gasteiger partial charge is 0.191 e. The lowest BCUT2D eigenvalue weighted by Crippen LogP contribution is -2.51. The van der Waals surface area contributed by atoms with E-state index >= 15 is 0 Å². The second-order valence-corrected chi connectivity index (χ2v) is 8.47. The topological polar surface area (TPSA) is 58.1 Å². The van der Waals surface area contributed by atoms with Crippen LogP contribution < -0.4 is 10.6 Å². The first-order valence-electron chi connectivity index (χ1n) is 11.0. The molecule has 0 aliphatic carbocycles. The van der Waals surface area contributed by atoms with Crippen molar-refractivity contribution < 1.29 is 9.47 Å². The fraction of sp³-hybridized carbons (Fsp3) is 0.952. The van der Waals surface area contributed by atoms with Crippen LogP contribution in [0.5, 0.6) is 0 Å². The van der Waals surface area contributed by atoms with Crippen LogP contribution in [0.3, 0.4) is 0 Å². The number of guanidine groups is 1. The molecule has 28 heavy (non-hydrogen) atoms. The first kappa shape index (κ1) is 25.9. The van der Waals surface area contributed by atoms with Crippen molar-refractivity contribution in [3.05, 3.63) is 0 Å². The van der Waals surface area contributed by atoms with Crippen molar-refractivity contribution >= 4 is 29.9 Å². The molecule has 2 unspecified atom stereocenters. The fourth-order valence-electron chi connectivity index (χ4n) is 3.94. The minimum atomic E-state index is 0. The third-order valence-corrected chi connectivity index (χ3v) is 5.84. The van der Waals surface area contributed by atoms with Gasteiger partial charge in [0.25, 0.3) is 0 Å². The molecule has 0 radical (unpaired) electrons. The zero-order valence-corrected chi connectivity index (χ0v) is 20.7. The van der Waals surface area contributed by atoms with E-state index in [1.807, 2.05) is 7.05 Å². The molecule has 2 atom stereocenters.